The van der Waals surface area contributed by atoms with Crippen molar-refractivity contribution in [3.8, 4) is 17.6 Å². The van der Waals surface area contributed by atoms with Crippen molar-refractivity contribution in [1.82, 2.24) is 4.98 Å². The largest absolute Gasteiger partial charge is 0.493 e. The number of allylic oxidation sites excluding steroid dienone is 1. The number of ether oxygens (including phenoxy) is 2. The molecule has 0 atom stereocenters. The number of nitrogens with zero attached hydrogens (tertiary/aromatic N) is 1. The molecule has 0 aliphatic heterocycles. The summed E-state index contributed by atoms with van der Waals surface area (Å²) in [7, 11) is 1.53. The smallest absolute Gasteiger partial charge is 0.205 e. The third-order valence-corrected chi connectivity index (χ3v) is 4.14. The fourth-order valence-electron chi connectivity index (χ4n) is 2.90. The number of hydrogen-bond acceptors (Lipinski definition) is 4. The summed E-state index contributed by atoms with van der Waals surface area (Å²) in [6.07, 6.45) is 2.84. The van der Waals surface area contributed by atoms with Gasteiger partial charge in [-0.15, -0.1) is 0 Å². The average molecular weight is 378 g/mol. The molecule has 1 aromatic heterocycles. The monoisotopic (exact) mass is 378 g/mol. The summed E-state index contributed by atoms with van der Waals surface area (Å²) >= 11 is 0. The lowest BCUT2D eigenvalue weighted by Gasteiger charge is -2.16. The van der Waals surface area contributed by atoms with Gasteiger partial charge in [-0.05, 0) is 44.2 Å². The number of rotatable bonds is 6. The highest BCUT2D eigenvalue weighted by Gasteiger charge is 2.19. The first-order valence-electron chi connectivity index (χ1n) is 8.71. The predicted molar refractivity (Wildman–Crippen MR) is 105 cm³/mol. The lowest BCUT2D eigenvalue weighted by Crippen LogP contribution is -2.08. The van der Waals surface area contributed by atoms with Gasteiger partial charge in [0.1, 0.15) is 17.5 Å². The van der Waals surface area contributed by atoms with E-state index in [1.807, 2.05) is 19.9 Å². The highest BCUT2D eigenvalue weighted by Crippen LogP contribution is 2.34. The van der Waals surface area contributed by atoms with E-state index in [1.165, 1.54) is 37.6 Å². The Labute approximate surface area is 162 Å². The van der Waals surface area contributed by atoms with Crippen molar-refractivity contribution in [1.29, 1.82) is 5.26 Å². The number of halogens is 1. The maximum absolute atomic E-state index is 13.4. The van der Waals surface area contributed by atoms with E-state index in [4.69, 9.17) is 9.47 Å². The molecule has 0 bridgehead atoms. The molecule has 3 aromatic rings. The molecule has 0 spiro atoms. The Bertz CT molecular complexity index is 1110. The molecule has 0 aliphatic rings. The number of carbonyl (C=O) groups excluding carboxylic acids is 1. The molecule has 5 nitrogen and oxygen atoms in total. The fraction of sp³-hybridized carbons (Fsp3) is 0.182. The number of nitriles is 1. The highest BCUT2D eigenvalue weighted by molar-refractivity contribution is 6.20. The lowest BCUT2D eigenvalue weighted by molar-refractivity contribution is 0.104. The summed E-state index contributed by atoms with van der Waals surface area (Å²) in [6, 6.07) is 11.3. The molecule has 28 heavy (non-hydrogen) atoms. The van der Waals surface area contributed by atoms with Crippen LogP contribution in [0.4, 0.5) is 4.39 Å². The number of hydrogen-bond donors (Lipinski definition) is 1. The van der Waals surface area contributed by atoms with Crippen molar-refractivity contribution in [3.63, 3.8) is 0 Å². The summed E-state index contributed by atoms with van der Waals surface area (Å²) in [4.78, 5) is 15.8. The summed E-state index contributed by atoms with van der Waals surface area (Å²) in [5.74, 6) is 0.103. The number of H-pyrrole nitrogens is 1. The Morgan fingerprint density at radius 3 is 2.75 bits per heavy atom. The molecule has 0 saturated heterocycles. The van der Waals surface area contributed by atoms with Crippen molar-refractivity contribution in [2.24, 2.45) is 0 Å². The molecule has 0 saturated carbocycles. The number of fused-ring (bicyclic) bond motifs is 1. The molecule has 0 amide bonds. The second kappa shape index (κ2) is 7.97. The van der Waals surface area contributed by atoms with Gasteiger partial charge >= 0.3 is 0 Å². The minimum Gasteiger partial charge on any atom is -0.493 e. The van der Waals surface area contributed by atoms with E-state index in [1.54, 1.807) is 18.2 Å². The van der Waals surface area contributed by atoms with E-state index in [2.05, 4.69) is 4.98 Å². The molecular formula is C22H19FN2O3. The number of carbonyl (C=O) groups is 1. The van der Waals surface area contributed by atoms with Gasteiger partial charge in [-0.3, -0.25) is 4.79 Å². The van der Waals surface area contributed by atoms with Gasteiger partial charge in [-0.2, -0.15) is 5.26 Å². The minimum absolute atomic E-state index is 0.0629. The maximum atomic E-state index is 13.4. The topological polar surface area (TPSA) is 75.1 Å². The quantitative estimate of drug-likeness (QED) is 0.376. The van der Waals surface area contributed by atoms with Crippen molar-refractivity contribution >= 4 is 22.8 Å². The van der Waals surface area contributed by atoms with Crippen LogP contribution < -0.4 is 9.47 Å². The Hall–Kier alpha value is -3.59. The highest BCUT2D eigenvalue weighted by atomic mass is 19.1. The van der Waals surface area contributed by atoms with Crippen LogP contribution in [-0.4, -0.2) is 24.0 Å². The first kappa shape index (κ1) is 19.2. The molecule has 0 radical (unpaired) electrons. The number of aromatic nitrogens is 1. The van der Waals surface area contributed by atoms with Crippen LogP contribution >= 0.6 is 0 Å². The standard InChI is InChI=1S/C22H19FN2O3/c1-13(2)28-22-14(5-4-6-20(22)27-3)9-15(11-24)21(26)18-12-25-19-10-16(23)7-8-17(18)19/h4-10,12-13,25H,1-3H3/b15-9+. The summed E-state index contributed by atoms with van der Waals surface area (Å²) in [6.45, 7) is 3.75. The average Bonchev–Trinajstić information content (AvgIpc) is 3.09. The molecule has 142 valence electrons. The second-order valence-corrected chi connectivity index (χ2v) is 6.44. The third kappa shape index (κ3) is 3.74. The van der Waals surface area contributed by atoms with Crippen LogP contribution in [0.5, 0.6) is 11.5 Å². The zero-order valence-corrected chi connectivity index (χ0v) is 15.7. The van der Waals surface area contributed by atoms with Crippen LogP contribution in [0.15, 0.2) is 48.2 Å². The van der Waals surface area contributed by atoms with E-state index >= 15 is 0 Å². The van der Waals surface area contributed by atoms with Crippen LogP contribution in [0.3, 0.4) is 0 Å². The minimum atomic E-state index is -0.460. The number of benzene rings is 2. The Morgan fingerprint density at radius 1 is 1.29 bits per heavy atom. The van der Waals surface area contributed by atoms with Crippen LogP contribution in [-0.2, 0) is 0 Å². The van der Waals surface area contributed by atoms with Crippen LogP contribution in [0.1, 0.15) is 29.8 Å². The van der Waals surface area contributed by atoms with Crippen LogP contribution in [0.2, 0.25) is 0 Å². The molecule has 2 aromatic carbocycles. The molecule has 0 aliphatic carbocycles. The molecule has 1 heterocycles. The van der Waals surface area contributed by atoms with E-state index in [0.29, 0.717) is 33.5 Å². The Kier molecular flexibility index (Phi) is 5.46. The number of aromatic amines is 1. The van der Waals surface area contributed by atoms with Gasteiger partial charge in [0.25, 0.3) is 0 Å². The van der Waals surface area contributed by atoms with Crippen LogP contribution in [0.25, 0.3) is 17.0 Å². The van der Waals surface area contributed by atoms with E-state index in [9.17, 15) is 14.4 Å². The van der Waals surface area contributed by atoms with Crippen LogP contribution in [0, 0.1) is 17.1 Å². The maximum Gasteiger partial charge on any atom is 0.205 e. The Morgan fingerprint density at radius 2 is 2.07 bits per heavy atom. The van der Waals surface area contributed by atoms with Gasteiger partial charge in [-0.25, -0.2) is 4.39 Å². The molecular weight excluding hydrogens is 359 g/mol. The first-order valence-corrected chi connectivity index (χ1v) is 8.71. The van der Waals surface area contributed by atoms with Crippen molar-refractivity contribution < 1.29 is 18.7 Å². The first-order chi connectivity index (χ1) is 13.4. The molecule has 6 heteroatoms. The zero-order chi connectivity index (χ0) is 20.3. The molecule has 1 N–H and O–H groups in total. The number of para-hydroxylation sites is 1. The lowest BCUT2D eigenvalue weighted by atomic mass is 10.0. The van der Waals surface area contributed by atoms with Gasteiger partial charge in [0.15, 0.2) is 11.5 Å². The van der Waals surface area contributed by atoms with Crippen molar-refractivity contribution in [2.45, 2.75) is 20.0 Å². The molecule has 0 unspecified atom stereocenters. The Balaban J connectivity index is 2.07. The van der Waals surface area contributed by atoms with Crippen molar-refractivity contribution in [2.75, 3.05) is 7.11 Å². The molecule has 3 rings (SSSR count). The normalized spacial score (nSPS) is 11.5. The van der Waals surface area contributed by atoms with E-state index < -0.39 is 11.6 Å². The van der Waals surface area contributed by atoms with Gasteiger partial charge < -0.3 is 14.5 Å². The number of nitrogens with one attached hydrogen (secondary N) is 1. The summed E-state index contributed by atoms with van der Waals surface area (Å²) in [5, 5.41) is 10.1. The summed E-state index contributed by atoms with van der Waals surface area (Å²) < 4.78 is 24.6. The van der Waals surface area contributed by atoms with Gasteiger partial charge in [0.2, 0.25) is 5.78 Å². The van der Waals surface area contributed by atoms with Gasteiger partial charge in [0.05, 0.1) is 13.2 Å². The fourth-order valence-corrected chi connectivity index (χ4v) is 2.90. The summed E-state index contributed by atoms with van der Waals surface area (Å²) in [5.41, 5.74) is 1.29. The zero-order valence-electron chi connectivity index (χ0n) is 15.7. The van der Waals surface area contributed by atoms with Gasteiger partial charge in [-0.1, -0.05) is 12.1 Å². The third-order valence-electron chi connectivity index (χ3n) is 4.14. The van der Waals surface area contributed by atoms with Crippen molar-refractivity contribution in [3.05, 3.63) is 65.1 Å². The SMILES string of the molecule is COc1cccc(/C=C(\C#N)C(=O)c2c[nH]c3cc(F)ccc23)c1OC(C)C. The second-order valence-electron chi connectivity index (χ2n) is 6.44. The number of Topliss-reactive ketones (excluding diaryl/α,β-unsaturated/α-hetero) is 1. The van der Waals surface area contributed by atoms with Gasteiger partial charge in [0, 0.05) is 28.2 Å². The predicted octanol–water partition coefficient (Wildman–Crippen LogP) is 4.89. The number of ketones is 1. The van der Waals surface area contributed by atoms with E-state index in [0.717, 1.165) is 0 Å². The number of methoxy groups -OCH3 is 1. The van der Waals surface area contributed by atoms with E-state index in [-0.39, 0.29) is 11.7 Å². The molecule has 0 fully saturated rings.